The summed E-state index contributed by atoms with van der Waals surface area (Å²) in [6, 6.07) is 3.36. The minimum absolute atomic E-state index is 0.0749. The number of hydrogen-bond acceptors (Lipinski definition) is 4. The van der Waals surface area contributed by atoms with Crippen molar-refractivity contribution in [3.8, 4) is 5.75 Å². The Morgan fingerprint density at radius 2 is 2.25 bits per heavy atom. The molecule has 1 aromatic rings. The fraction of sp³-hybridized carbons (Fsp3) is 0.273. The number of aliphatic imine (C=N–C) groups is 1. The Morgan fingerprint density at radius 1 is 1.56 bits per heavy atom. The Morgan fingerprint density at radius 3 is 2.81 bits per heavy atom. The van der Waals surface area contributed by atoms with E-state index in [2.05, 4.69) is 15.0 Å². The van der Waals surface area contributed by atoms with Gasteiger partial charge in [0.2, 0.25) is 5.91 Å². The predicted octanol–water partition coefficient (Wildman–Crippen LogP) is 1.97. The van der Waals surface area contributed by atoms with Crippen molar-refractivity contribution in [1.82, 2.24) is 0 Å². The van der Waals surface area contributed by atoms with Crippen molar-refractivity contribution in [3.63, 3.8) is 0 Å². The number of rotatable bonds is 3. The minimum Gasteiger partial charge on any atom is -0.504 e. The van der Waals surface area contributed by atoms with Crippen molar-refractivity contribution in [2.24, 2.45) is 4.99 Å². The van der Waals surface area contributed by atoms with Gasteiger partial charge in [-0.1, -0.05) is 0 Å². The summed E-state index contributed by atoms with van der Waals surface area (Å²) in [5.74, 6) is -0.323. The number of ether oxygens (including phenoxy) is 1. The molecule has 0 aliphatic carbocycles. The molecule has 0 bridgehead atoms. The topological polar surface area (TPSA) is 70.9 Å². The van der Waals surface area contributed by atoms with Gasteiger partial charge in [0.15, 0.2) is 12.2 Å². The first-order valence-corrected chi connectivity index (χ1v) is 4.71. The molecule has 5 nitrogen and oxygen atoms in total. The maximum Gasteiger partial charge on any atom is 0.221 e. The molecule has 0 aliphatic heterocycles. The van der Waals surface area contributed by atoms with Gasteiger partial charge >= 0.3 is 0 Å². The van der Waals surface area contributed by atoms with Gasteiger partial charge in [-0.15, -0.1) is 0 Å². The highest BCUT2D eigenvalue weighted by Crippen LogP contribution is 2.35. The van der Waals surface area contributed by atoms with E-state index in [1.54, 1.807) is 12.1 Å². The SMILES string of the molecule is COC=Nc1cc(C)cc(NC(C)=O)c1O. The van der Waals surface area contributed by atoms with E-state index in [-0.39, 0.29) is 11.7 Å². The van der Waals surface area contributed by atoms with Gasteiger partial charge in [0.25, 0.3) is 0 Å². The summed E-state index contributed by atoms with van der Waals surface area (Å²) in [6.07, 6.45) is 1.21. The fourth-order valence-corrected chi connectivity index (χ4v) is 1.25. The highest BCUT2D eigenvalue weighted by atomic mass is 16.5. The second kappa shape index (κ2) is 5.16. The minimum atomic E-state index is -0.248. The van der Waals surface area contributed by atoms with Crippen LogP contribution in [0.25, 0.3) is 0 Å². The normalized spacial score (nSPS) is 10.4. The van der Waals surface area contributed by atoms with Crippen LogP contribution in [0.4, 0.5) is 11.4 Å². The standard InChI is InChI=1S/C11H14N2O3/c1-7-4-9(12-6-16-3)11(15)10(5-7)13-8(2)14/h4-6,15H,1-3H3,(H,13,14). The molecule has 0 aromatic heterocycles. The molecule has 16 heavy (non-hydrogen) atoms. The smallest absolute Gasteiger partial charge is 0.221 e. The van der Waals surface area contributed by atoms with Crippen LogP contribution in [0.3, 0.4) is 0 Å². The van der Waals surface area contributed by atoms with Crippen LogP contribution in [0.5, 0.6) is 5.75 Å². The lowest BCUT2D eigenvalue weighted by atomic mass is 10.1. The van der Waals surface area contributed by atoms with Crippen LogP contribution in [0, 0.1) is 6.92 Å². The maximum absolute atomic E-state index is 10.9. The molecule has 2 N–H and O–H groups in total. The molecule has 0 fully saturated rings. The summed E-state index contributed by atoms with van der Waals surface area (Å²) in [4.78, 5) is 14.8. The zero-order valence-electron chi connectivity index (χ0n) is 9.44. The molecule has 0 atom stereocenters. The monoisotopic (exact) mass is 222 g/mol. The third-order valence-electron chi connectivity index (χ3n) is 1.84. The van der Waals surface area contributed by atoms with E-state index < -0.39 is 0 Å². The highest BCUT2D eigenvalue weighted by Gasteiger charge is 2.08. The number of aromatic hydroxyl groups is 1. The van der Waals surface area contributed by atoms with Gasteiger partial charge in [0.1, 0.15) is 5.69 Å². The Kier molecular flexibility index (Phi) is 3.88. The summed E-state index contributed by atoms with van der Waals surface area (Å²) in [5.41, 5.74) is 1.58. The summed E-state index contributed by atoms with van der Waals surface area (Å²) >= 11 is 0. The maximum atomic E-state index is 10.9. The van der Waals surface area contributed by atoms with Gasteiger partial charge in [-0.25, -0.2) is 4.99 Å². The van der Waals surface area contributed by atoms with Gasteiger partial charge in [0, 0.05) is 6.92 Å². The molecule has 0 spiro atoms. The Labute approximate surface area is 93.8 Å². The number of hydrogen-bond donors (Lipinski definition) is 2. The molecule has 1 rings (SSSR count). The average Bonchev–Trinajstić information content (AvgIpc) is 2.20. The second-order valence-electron chi connectivity index (χ2n) is 3.33. The van der Waals surface area contributed by atoms with Crippen LogP contribution in [0.15, 0.2) is 17.1 Å². The van der Waals surface area contributed by atoms with Crippen LogP contribution in [-0.4, -0.2) is 24.5 Å². The van der Waals surface area contributed by atoms with Crippen molar-refractivity contribution in [1.29, 1.82) is 0 Å². The number of nitrogens with zero attached hydrogens (tertiary/aromatic N) is 1. The summed E-state index contributed by atoms with van der Waals surface area (Å²) in [7, 11) is 1.46. The highest BCUT2D eigenvalue weighted by molar-refractivity contribution is 5.92. The molecule has 1 aromatic carbocycles. The second-order valence-corrected chi connectivity index (χ2v) is 3.33. The largest absolute Gasteiger partial charge is 0.504 e. The molecule has 5 heteroatoms. The number of phenols is 1. The quantitative estimate of drug-likeness (QED) is 0.466. The number of benzene rings is 1. The molecule has 0 saturated carbocycles. The Bertz CT molecular complexity index is 427. The zero-order chi connectivity index (χ0) is 12.1. The molecular formula is C11H14N2O3. The van der Waals surface area contributed by atoms with Gasteiger partial charge in [-0.05, 0) is 24.6 Å². The summed E-state index contributed by atoms with van der Waals surface area (Å²) < 4.78 is 4.67. The predicted molar refractivity (Wildman–Crippen MR) is 62.3 cm³/mol. The van der Waals surface area contributed by atoms with Gasteiger partial charge < -0.3 is 15.2 Å². The number of carbonyl (C=O) groups excluding carboxylic acids is 1. The molecule has 0 unspecified atom stereocenters. The van der Waals surface area contributed by atoms with Crippen LogP contribution < -0.4 is 5.32 Å². The molecule has 0 radical (unpaired) electrons. The Balaban J connectivity index is 3.15. The Hall–Kier alpha value is -2.04. The third-order valence-corrected chi connectivity index (χ3v) is 1.84. The first kappa shape index (κ1) is 12.0. The van der Waals surface area contributed by atoms with Crippen LogP contribution in [0.2, 0.25) is 0 Å². The molecule has 0 heterocycles. The van der Waals surface area contributed by atoms with Crippen molar-refractivity contribution in [3.05, 3.63) is 17.7 Å². The lowest BCUT2D eigenvalue weighted by molar-refractivity contribution is -0.114. The first-order valence-electron chi connectivity index (χ1n) is 4.71. The molecule has 0 saturated heterocycles. The summed E-state index contributed by atoms with van der Waals surface area (Å²) in [5, 5.41) is 12.3. The number of amides is 1. The van der Waals surface area contributed by atoms with E-state index in [0.29, 0.717) is 11.4 Å². The molecular weight excluding hydrogens is 208 g/mol. The van der Waals surface area contributed by atoms with E-state index >= 15 is 0 Å². The average molecular weight is 222 g/mol. The summed E-state index contributed by atoms with van der Waals surface area (Å²) in [6.45, 7) is 3.22. The van der Waals surface area contributed by atoms with Gasteiger partial charge in [-0.2, -0.15) is 0 Å². The lowest BCUT2D eigenvalue weighted by Crippen LogP contribution is -2.06. The van der Waals surface area contributed by atoms with E-state index in [9.17, 15) is 9.90 Å². The van der Waals surface area contributed by atoms with E-state index in [1.807, 2.05) is 6.92 Å². The number of methoxy groups -OCH3 is 1. The third kappa shape index (κ3) is 2.98. The van der Waals surface area contributed by atoms with Crippen molar-refractivity contribution in [2.45, 2.75) is 13.8 Å². The number of anilines is 1. The van der Waals surface area contributed by atoms with E-state index in [1.165, 1.54) is 20.4 Å². The van der Waals surface area contributed by atoms with Crippen LogP contribution >= 0.6 is 0 Å². The number of carbonyl (C=O) groups is 1. The van der Waals surface area contributed by atoms with Crippen molar-refractivity contribution < 1.29 is 14.6 Å². The van der Waals surface area contributed by atoms with Gasteiger partial charge in [0.05, 0.1) is 12.8 Å². The molecule has 1 amide bonds. The van der Waals surface area contributed by atoms with Crippen LogP contribution in [-0.2, 0) is 9.53 Å². The lowest BCUT2D eigenvalue weighted by Gasteiger charge is -2.08. The fourth-order valence-electron chi connectivity index (χ4n) is 1.25. The van der Waals surface area contributed by atoms with E-state index in [0.717, 1.165) is 5.56 Å². The zero-order valence-corrected chi connectivity index (χ0v) is 9.44. The van der Waals surface area contributed by atoms with Crippen LogP contribution in [0.1, 0.15) is 12.5 Å². The molecule has 0 aliphatic rings. The van der Waals surface area contributed by atoms with E-state index in [4.69, 9.17) is 0 Å². The first-order chi connectivity index (χ1) is 7.54. The van der Waals surface area contributed by atoms with Crippen molar-refractivity contribution in [2.75, 3.05) is 12.4 Å². The number of aryl methyl sites for hydroxylation is 1. The van der Waals surface area contributed by atoms with Crippen molar-refractivity contribution >= 4 is 23.7 Å². The molecule has 86 valence electrons. The number of phenolic OH excluding ortho intramolecular Hbond substituents is 1. The van der Waals surface area contributed by atoms with Gasteiger partial charge in [-0.3, -0.25) is 4.79 Å². The number of nitrogens with one attached hydrogen (secondary N) is 1.